The van der Waals surface area contributed by atoms with E-state index in [0.717, 1.165) is 44.2 Å². The fourth-order valence-electron chi connectivity index (χ4n) is 3.71. The molecular weight excluding hydrogens is 382 g/mol. The molecule has 0 spiro atoms. The summed E-state index contributed by atoms with van der Waals surface area (Å²) in [5.41, 5.74) is 1.02. The molecular formula is C22H39N5O3. The lowest BCUT2D eigenvalue weighted by Gasteiger charge is -2.35. The summed E-state index contributed by atoms with van der Waals surface area (Å²) in [5, 5.41) is 6.81. The summed E-state index contributed by atoms with van der Waals surface area (Å²) in [6.45, 7) is 12.9. The van der Waals surface area contributed by atoms with Gasteiger partial charge in [-0.05, 0) is 30.2 Å². The zero-order valence-electron chi connectivity index (χ0n) is 19.5. The van der Waals surface area contributed by atoms with Crippen LogP contribution in [0.3, 0.4) is 0 Å². The zero-order valence-corrected chi connectivity index (χ0v) is 19.5. The molecule has 0 aliphatic carbocycles. The summed E-state index contributed by atoms with van der Waals surface area (Å²) in [7, 11) is 6.64. The Bertz CT molecular complexity index is 650. The molecule has 1 fully saturated rings. The molecule has 30 heavy (non-hydrogen) atoms. The molecule has 2 N–H and O–H groups in total. The van der Waals surface area contributed by atoms with Gasteiger partial charge in [0.05, 0.1) is 21.3 Å². The van der Waals surface area contributed by atoms with E-state index < -0.39 is 0 Å². The maximum Gasteiger partial charge on any atom is 0.203 e. The summed E-state index contributed by atoms with van der Waals surface area (Å²) >= 11 is 0. The molecule has 0 aromatic heterocycles. The minimum Gasteiger partial charge on any atom is -0.493 e. The first-order valence-corrected chi connectivity index (χ1v) is 10.7. The monoisotopic (exact) mass is 421 g/mol. The first kappa shape index (κ1) is 24.1. The highest BCUT2D eigenvalue weighted by atomic mass is 16.5. The van der Waals surface area contributed by atoms with Crippen LogP contribution < -0.4 is 24.8 Å². The van der Waals surface area contributed by atoms with Crippen LogP contribution in [-0.4, -0.2) is 89.9 Å². The number of guanidine groups is 1. The fourth-order valence-corrected chi connectivity index (χ4v) is 3.71. The summed E-state index contributed by atoms with van der Waals surface area (Å²) in [6, 6.07) is 3.89. The third-order valence-electron chi connectivity index (χ3n) is 5.51. The van der Waals surface area contributed by atoms with Gasteiger partial charge in [0.2, 0.25) is 5.75 Å². The van der Waals surface area contributed by atoms with E-state index in [4.69, 9.17) is 14.2 Å². The number of ether oxygens (including phenoxy) is 3. The van der Waals surface area contributed by atoms with Crippen molar-refractivity contribution < 1.29 is 14.2 Å². The van der Waals surface area contributed by atoms with E-state index in [1.807, 2.05) is 12.1 Å². The van der Waals surface area contributed by atoms with Gasteiger partial charge in [-0.2, -0.15) is 0 Å². The fraction of sp³-hybridized carbons (Fsp3) is 0.682. The largest absolute Gasteiger partial charge is 0.493 e. The van der Waals surface area contributed by atoms with Gasteiger partial charge in [-0.3, -0.25) is 4.99 Å². The number of methoxy groups -OCH3 is 3. The van der Waals surface area contributed by atoms with Gasteiger partial charge in [-0.15, -0.1) is 0 Å². The van der Waals surface area contributed by atoms with Crippen molar-refractivity contribution in [3.8, 4) is 17.2 Å². The standard InChI is InChI=1S/C22H39N5O3/c1-7-26-8-10-27(11-9-26)16-17(2)14-24-22(23-3)25-15-18-12-19(28-4)21(30-6)20(13-18)29-5/h12-13,17H,7-11,14-16H2,1-6H3,(H2,23,24,25). The quantitative estimate of drug-likeness (QED) is 0.440. The van der Waals surface area contributed by atoms with Gasteiger partial charge in [0, 0.05) is 52.9 Å². The minimum absolute atomic E-state index is 0.540. The van der Waals surface area contributed by atoms with Crippen molar-refractivity contribution in [2.75, 3.05) is 74.2 Å². The predicted molar refractivity (Wildman–Crippen MR) is 122 cm³/mol. The summed E-state index contributed by atoms with van der Waals surface area (Å²) < 4.78 is 16.2. The van der Waals surface area contributed by atoms with Crippen molar-refractivity contribution in [1.82, 2.24) is 20.4 Å². The van der Waals surface area contributed by atoms with E-state index in [-0.39, 0.29) is 0 Å². The highest BCUT2D eigenvalue weighted by Crippen LogP contribution is 2.38. The highest BCUT2D eigenvalue weighted by molar-refractivity contribution is 5.79. The van der Waals surface area contributed by atoms with Crippen molar-refractivity contribution in [3.63, 3.8) is 0 Å². The van der Waals surface area contributed by atoms with Gasteiger partial charge in [-0.25, -0.2) is 0 Å². The lowest BCUT2D eigenvalue weighted by molar-refractivity contribution is 0.124. The molecule has 1 saturated heterocycles. The average molecular weight is 422 g/mol. The van der Waals surface area contributed by atoms with Crippen LogP contribution in [0.4, 0.5) is 0 Å². The third kappa shape index (κ3) is 6.95. The number of hydrogen-bond acceptors (Lipinski definition) is 6. The molecule has 2 rings (SSSR count). The van der Waals surface area contributed by atoms with Crippen LogP contribution in [0.15, 0.2) is 17.1 Å². The molecule has 8 nitrogen and oxygen atoms in total. The maximum absolute atomic E-state index is 5.43. The smallest absolute Gasteiger partial charge is 0.203 e. The number of aliphatic imine (C=N–C) groups is 1. The molecule has 0 bridgehead atoms. The number of nitrogens with zero attached hydrogens (tertiary/aromatic N) is 3. The van der Waals surface area contributed by atoms with Gasteiger partial charge in [-0.1, -0.05) is 13.8 Å². The van der Waals surface area contributed by atoms with Crippen molar-refractivity contribution in [2.45, 2.75) is 20.4 Å². The topological polar surface area (TPSA) is 70.6 Å². The molecule has 0 amide bonds. The van der Waals surface area contributed by atoms with Crippen molar-refractivity contribution >= 4 is 5.96 Å². The Balaban J connectivity index is 1.82. The van der Waals surface area contributed by atoms with E-state index in [2.05, 4.69) is 39.3 Å². The Labute approximate surface area is 181 Å². The van der Waals surface area contributed by atoms with Gasteiger partial charge >= 0.3 is 0 Å². The molecule has 1 heterocycles. The summed E-state index contributed by atoms with van der Waals surface area (Å²) in [6.07, 6.45) is 0. The molecule has 1 atom stereocenters. The van der Waals surface area contributed by atoms with Gasteiger partial charge in [0.1, 0.15) is 0 Å². The van der Waals surface area contributed by atoms with Gasteiger partial charge in [0.15, 0.2) is 17.5 Å². The van der Waals surface area contributed by atoms with Crippen LogP contribution in [0.1, 0.15) is 19.4 Å². The van der Waals surface area contributed by atoms with Crippen LogP contribution in [0.5, 0.6) is 17.2 Å². The Morgan fingerprint density at radius 3 is 2.10 bits per heavy atom. The van der Waals surface area contributed by atoms with E-state index in [1.165, 1.54) is 13.1 Å². The number of rotatable bonds is 10. The average Bonchev–Trinajstić information content (AvgIpc) is 2.78. The Morgan fingerprint density at radius 1 is 1.00 bits per heavy atom. The first-order chi connectivity index (χ1) is 14.5. The molecule has 0 saturated carbocycles. The van der Waals surface area contributed by atoms with Crippen LogP contribution in [0, 0.1) is 5.92 Å². The summed E-state index contributed by atoms with van der Waals surface area (Å²) in [5.74, 6) is 3.21. The van der Waals surface area contributed by atoms with Crippen LogP contribution in [0.2, 0.25) is 0 Å². The van der Waals surface area contributed by atoms with Gasteiger partial charge < -0.3 is 34.6 Å². The second kappa shape index (κ2) is 12.5. The second-order valence-electron chi connectivity index (χ2n) is 7.68. The number of benzene rings is 1. The number of nitrogens with one attached hydrogen (secondary N) is 2. The molecule has 1 aromatic carbocycles. The number of piperazine rings is 1. The normalized spacial score (nSPS) is 16.8. The van der Waals surface area contributed by atoms with E-state index >= 15 is 0 Å². The van der Waals surface area contributed by atoms with Crippen LogP contribution in [-0.2, 0) is 6.54 Å². The molecule has 0 radical (unpaired) electrons. The molecule has 1 unspecified atom stereocenters. The molecule has 8 heteroatoms. The van der Waals surface area contributed by atoms with E-state index in [1.54, 1.807) is 28.4 Å². The van der Waals surface area contributed by atoms with Gasteiger partial charge in [0.25, 0.3) is 0 Å². The van der Waals surface area contributed by atoms with Crippen LogP contribution >= 0.6 is 0 Å². The Morgan fingerprint density at radius 2 is 1.60 bits per heavy atom. The second-order valence-corrected chi connectivity index (χ2v) is 7.68. The number of likely N-dealkylation sites (N-methyl/N-ethyl adjacent to an activating group) is 1. The SMILES string of the molecule is CCN1CCN(CC(C)CNC(=NC)NCc2cc(OC)c(OC)c(OC)c2)CC1. The minimum atomic E-state index is 0.540. The first-order valence-electron chi connectivity index (χ1n) is 10.7. The molecule has 1 aliphatic heterocycles. The maximum atomic E-state index is 5.43. The lowest BCUT2D eigenvalue weighted by Crippen LogP contribution is -2.48. The van der Waals surface area contributed by atoms with E-state index in [9.17, 15) is 0 Å². The van der Waals surface area contributed by atoms with Crippen molar-refractivity contribution in [3.05, 3.63) is 17.7 Å². The number of hydrogen-bond donors (Lipinski definition) is 2. The van der Waals surface area contributed by atoms with Crippen molar-refractivity contribution in [1.29, 1.82) is 0 Å². The predicted octanol–water partition coefficient (Wildman–Crippen LogP) is 1.65. The highest BCUT2D eigenvalue weighted by Gasteiger charge is 2.17. The molecule has 1 aromatic rings. The Hall–Kier alpha value is -2.19. The molecule has 1 aliphatic rings. The van der Waals surface area contributed by atoms with Crippen molar-refractivity contribution in [2.24, 2.45) is 10.9 Å². The lowest BCUT2D eigenvalue weighted by atomic mass is 10.1. The Kier molecular flexibility index (Phi) is 10.0. The summed E-state index contributed by atoms with van der Waals surface area (Å²) in [4.78, 5) is 9.42. The van der Waals surface area contributed by atoms with E-state index in [0.29, 0.717) is 29.7 Å². The third-order valence-corrected chi connectivity index (χ3v) is 5.51. The zero-order chi connectivity index (χ0) is 21.9. The molecule has 170 valence electrons. The van der Waals surface area contributed by atoms with Crippen LogP contribution in [0.25, 0.3) is 0 Å².